The lowest BCUT2D eigenvalue weighted by Gasteiger charge is -2.35. The third-order valence-corrected chi connectivity index (χ3v) is 12.5. The number of furan rings is 1. The first kappa shape index (κ1) is 36.7. The second-order valence-electron chi connectivity index (χ2n) is 16.5. The van der Waals surface area contributed by atoms with Crippen molar-refractivity contribution in [1.29, 1.82) is 0 Å². The molecule has 0 amide bonds. The lowest BCUT2D eigenvalue weighted by atomic mass is 9.57. The third kappa shape index (κ3) is 6.56. The maximum absolute atomic E-state index is 6.97. The van der Waals surface area contributed by atoms with Crippen LogP contribution in [0.15, 0.2) is 223 Å². The van der Waals surface area contributed by atoms with Crippen LogP contribution in [0, 0.1) is 6.92 Å². The Morgan fingerprint density at radius 3 is 1.68 bits per heavy atom. The van der Waals surface area contributed by atoms with Crippen LogP contribution in [0.1, 0.15) is 5.56 Å². The van der Waals surface area contributed by atoms with E-state index in [1.165, 1.54) is 44.3 Å². The first-order chi connectivity index (χ1) is 31.1. The summed E-state index contributed by atoms with van der Waals surface area (Å²) in [5.74, 6) is 0. The molecular weight excluding hydrogens is 763 g/mol. The molecule has 1 aliphatic heterocycles. The summed E-state index contributed by atoms with van der Waals surface area (Å²) < 4.78 is 6.97. The van der Waals surface area contributed by atoms with Crippen molar-refractivity contribution in [2.45, 2.75) is 6.92 Å². The van der Waals surface area contributed by atoms with Crippen LogP contribution < -0.4 is 21.1 Å². The van der Waals surface area contributed by atoms with Crippen molar-refractivity contribution in [3.63, 3.8) is 0 Å². The maximum atomic E-state index is 6.97. The van der Waals surface area contributed by atoms with Gasteiger partial charge in [-0.1, -0.05) is 169 Å². The van der Waals surface area contributed by atoms with Gasteiger partial charge in [-0.3, -0.25) is 0 Å². The van der Waals surface area contributed by atoms with Gasteiger partial charge >= 0.3 is 0 Å². The molecule has 63 heavy (non-hydrogen) atoms. The number of nitrogens with zero attached hydrogens (tertiary/aromatic N) is 1. The Bertz CT molecular complexity index is 3490. The fourth-order valence-corrected chi connectivity index (χ4v) is 9.41. The summed E-state index contributed by atoms with van der Waals surface area (Å²) in [6, 6.07) is 78.5. The summed E-state index contributed by atoms with van der Waals surface area (Å²) in [7, 11) is 2.38. The molecule has 0 atom stereocenters. The van der Waals surface area contributed by atoms with E-state index in [0.29, 0.717) is 0 Å². The van der Waals surface area contributed by atoms with Gasteiger partial charge in [0.1, 0.15) is 5.58 Å². The number of rotatable bonds is 7. The average molecular weight is 804 g/mol. The van der Waals surface area contributed by atoms with Gasteiger partial charge in [0.05, 0.1) is 5.69 Å². The largest absolute Gasteiger partial charge is 0.454 e. The van der Waals surface area contributed by atoms with Crippen molar-refractivity contribution in [3.8, 4) is 44.5 Å². The van der Waals surface area contributed by atoms with E-state index < -0.39 is 0 Å². The zero-order chi connectivity index (χ0) is 41.9. The predicted molar refractivity (Wildman–Crippen MR) is 267 cm³/mol. The molecule has 0 saturated heterocycles. The van der Waals surface area contributed by atoms with Crippen molar-refractivity contribution in [2.75, 3.05) is 10.2 Å². The normalized spacial score (nSPS) is 12.0. The number of aryl methyl sites for hydroxylation is 1. The van der Waals surface area contributed by atoms with Crippen LogP contribution in [0.3, 0.4) is 0 Å². The molecular formula is C59H40BN2O. The molecule has 0 bridgehead atoms. The van der Waals surface area contributed by atoms with Crippen LogP contribution >= 0.6 is 0 Å². The van der Waals surface area contributed by atoms with Gasteiger partial charge in [-0.25, -0.2) is 0 Å². The molecule has 295 valence electrons. The van der Waals surface area contributed by atoms with Crippen LogP contribution in [-0.4, -0.2) is 7.28 Å². The summed E-state index contributed by atoms with van der Waals surface area (Å²) in [5, 5.41) is 8.44. The van der Waals surface area contributed by atoms with E-state index in [2.05, 4.69) is 243 Å². The molecule has 0 saturated carbocycles. The molecule has 10 aromatic carbocycles. The van der Waals surface area contributed by atoms with Crippen molar-refractivity contribution in [2.24, 2.45) is 0 Å². The second-order valence-corrected chi connectivity index (χ2v) is 16.5. The number of nitrogens with one attached hydrogen (secondary N) is 1. The molecule has 0 fully saturated rings. The van der Waals surface area contributed by atoms with Gasteiger partial charge in [0.15, 0.2) is 12.9 Å². The Labute approximate surface area is 367 Å². The minimum Gasteiger partial charge on any atom is -0.454 e. The number of benzene rings is 10. The number of hydrogen-bond donors (Lipinski definition) is 1. The van der Waals surface area contributed by atoms with Gasteiger partial charge in [-0.2, -0.15) is 0 Å². The van der Waals surface area contributed by atoms with Crippen molar-refractivity contribution >= 4 is 79.4 Å². The van der Waals surface area contributed by atoms with E-state index >= 15 is 0 Å². The molecule has 12 rings (SSSR count). The third-order valence-electron chi connectivity index (χ3n) is 12.5. The molecule has 0 spiro atoms. The monoisotopic (exact) mass is 803 g/mol. The first-order valence-electron chi connectivity index (χ1n) is 21.6. The number of fused-ring (bicyclic) bond motifs is 6. The standard InChI is InChI=1S/C59H40BN2O/c1-38-33-52(57-55(34-38)62(48-28-23-43(24-29-48)40-15-7-3-8-16-40)54-32-25-46(36-53(54)60-57)41-17-9-4-10-18-41)49-30-31-50-51-35-44-19-11-12-20-45(44)37-56(51)63-59(50)58(49)61-47-26-21-42(22-27-47)39-13-5-2-6-14-39/h2-37,61H,1H3. The molecule has 0 aliphatic carbocycles. The van der Waals surface area contributed by atoms with E-state index in [0.717, 1.165) is 77.8 Å². The minimum absolute atomic E-state index is 0.830. The Hall–Kier alpha value is -8.08. The minimum atomic E-state index is 0.830. The second kappa shape index (κ2) is 15.1. The topological polar surface area (TPSA) is 28.4 Å². The summed E-state index contributed by atoms with van der Waals surface area (Å²) >= 11 is 0. The van der Waals surface area contributed by atoms with E-state index in [4.69, 9.17) is 4.42 Å². The Morgan fingerprint density at radius 2 is 1.02 bits per heavy atom. The van der Waals surface area contributed by atoms with Crippen molar-refractivity contribution < 1.29 is 4.42 Å². The SMILES string of the molecule is Cc1cc(-c2ccc3c(oc4cc5ccccc5cc43)c2Nc2ccc(-c3ccccc3)cc2)c2c(c1)N(c1ccc(-c3ccccc3)cc1)c1ccc(-c3ccccc3)cc1[B]2. The molecule has 0 unspecified atom stereocenters. The number of hydrogen-bond acceptors (Lipinski definition) is 3. The highest BCUT2D eigenvalue weighted by Gasteiger charge is 2.30. The maximum Gasteiger partial charge on any atom is 0.197 e. The Balaban J connectivity index is 1.06. The lowest BCUT2D eigenvalue weighted by molar-refractivity contribution is 0.671. The molecule has 1 N–H and O–H groups in total. The molecule has 1 aromatic heterocycles. The quantitative estimate of drug-likeness (QED) is 0.163. The van der Waals surface area contributed by atoms with Crippen LogP contribution in [0.2, 0.25) is 0 Å². The van der Waals surface area contributed by atoms with Crippen molar-refractivity contribution in [1.82, 2.24) is 0 Å². The molecule has 1 radical (unpaired) electrons. The van der Waals surface area contributed by atoms with Gasteiger partial charge in [-0.05, 0) is 122 Å². The fourth-order valence-electron chi connectivity index (χ4n) is 9.41. The van der Waals surface area contributed by atoms with E-state index in [9.17, 15) is 0 Å². The van der Waals surface area contributed by atoms with Gasteiger partial charge in [-0.15, -0.1) is 0 Å². The molecule has 3 nitrogen and oxygen atoms in total. The fraction of sp³-hybridized carbons (Fsp3) is 0.0169. The van der Waals surface area contributed by atoms with Gasteiger partial charge in [0.25, 0.3) is 0 Å². The zero-order valence-corrected chi connectivity index (χ0v) is 34.7. The van der Waals surface area contributed by atoms with Crippen LogP contribution in [0.5, 0.6) is 0 Å². The molecule has 2 heterocycles. The molecule has 1 aliphatic rings. The highest BCUT2D eigenvalue weighted by atomic mass is 16.3. The summed E-state index contributed by atoms with van der Waals surface area (Å²) in [6.07, 6.45) is 0. The highest BCUT2D eigenvalue weighted by molar-refractivity contribution is 6.73. The van der Waals surface area contributed by atoms with Crippen LogP contribution in [0.25, 0.3) is 77.2 Å². The smallest absolute Gasteiger partial charge is 0.197 e. The van der Waals surface area contributed by atoms with E-state index in [1.54, 1.807) is 0 Å². The summed E-state index contributed by atoms with van der Waals surface area (Å²) in [5.41, 5.74) is 19.8. The highest BCUT2D eigenvalue weighted by Crippen LogP contribution is 2.45. The number of anilines is 5. The summed E-state index contributed by atoms with van der Waals surface area (Å²) in [4.78, 5) is 2.44. The first-order valence-corrected chi connectivity index (χ1v) is 21.6. The average Bonchev–Trinajstić information content (AvgIpc) is 3.71. The van der Waals surface area contributed by atoms with E-state index in [1.807, 2.05) is 0 Å². The predicted octanol–water partition coefficient (Wildman–Crippen LogP) is 14.9. The molecule has 11 aromatic rings. The Morgan fingerprint density at radius 1 is 0.444 bits per heavy atom. The van der Waals surface area contributed by atoms with Gasteiger partial charge in [0.2, 0.25) is 0 Å². The van der Waals surface area contributed by atoms with E-state index in [-0.39, 0.29) is 0 Å². The lowest BCUT2D eigenvalue weighted by Crippen LogP contribution is -2.41. The van der Waals surface area contributed by atoms with Crippen LogP contribution in [0.4, 0.5) is 28.4 Å². The van der Waals surface area contributed by atoms with Gasteiger partial charge < -0.3 is 14.6 Å². The zero-order valence-electron chi connectivity index (χ0n) is 34.7. The summed E-state index contributed by atoms with van der Waals surface area (Å²) in [6.45, 7) is 2.20. The van der Waals surface area contributed by atoms with Gasteiger partial charge in [0, 0.05) is 39.1 Å². The van der Waals surface area contributed by atoms with Crippen LogP contribution in [-0.2, 0) is 0 Å². The van der Waals surface area contributed by atoms with Crippen molar-refractivity contribution in [3.05, 3.63) is 224 Å². The molecule has 4 heteroatoms. The Kier molecular flexibility index (Phi) is 8.82.